The molecule has 8 heteroatoms. The number of hydrogen-bond acceptors (Lipinski definition) is 5. The number of pyridine rings is 2. The van der Waals surface area contributed by atoms with Crippen LogP contribution in [0.15, 0.2) is 48.7 Å². The molecule has 146 valence electrons. The van der Waals surface area contributed by atoms with E-state index in [0.29, 0.717) is 33.6 Å². The van der Waals surface area contributed by atoms with Crippen LogP contribution in [0, 0.1) is 13.8 Å². The van der Waals surface area contributed by atoms with E-state index >= 15 is 0 Å². The molecule has 1 aromatic carbocycles. The van der Waals surface area contributed by atoms with Crippen LogP contribution < -0.4 is 10.1 Å². The zero-order valence-corrected chi connectivity index (χ0v) is 16.9. The van der Waals surface area contributed by atoms with Gasteiger partial charge in [0.2, 0.25) is 5.88 Å². The maximum absolute atomic E-state index is 12.9. The molecule has 7 nitrogen and oxygen atoms in total. The fourth-order valence-corrected chi connectivity index (χ4v) is 3.21. The smallest absolute Gasteiger partial charge is 0.256 e. The molecule has 0 aliphatic rings. The van der Waals surface area contributed by atoms with Crippen molar-refractivity contribution in [1.29, 1.82) is 0 Å². The Labute approximate surface area is 172 Å². The molecule has 0 bridgehead atoms. The van der Waals surface area contributed by atoms with Crippen molar-refractivity contribution in [1.82, 2.24) is 19.7 Å². The Bertz CT molecular complexity index is 1200. The Kier molecular flexibility index (Phi) is 4.90. The van der Waals surface area contributed by atoms with Crippen molar-refractivity contribution >= 4 is 34.2 Å². The number of benzene rings is 1. The number of carbonyl (C=O) groups is 1. The summed E-state index contributed by atoms with van der Waals surface area (Å²) in [6.07, 6.45) is 1.55. The van der Waals surface area contributed by atoms with Crippen LogP contribution in [0.4, 0.5) is 5.69 Å². The molecule has 0 radical (unpaired) electrons. The van der Waals surface area contributed by atoms with Gasteiger partial charge in [0, 0.05) is 23.8 Å². The summed E-state index contributed by atoms with van der Waals surface area (Å²) in [4.78, 5) is 21.6. The van der Waals surface area contributed by atoms with Gasteiger partial charge < -0.3 is 10.1 Å². The summed E-state index contributed by atoms with van der Waals surface area (Å²) in [6, 6.07) is 12.2. The van der Waals surface area contributed by atoms with E-state index in [9.17, 15) is 4.79 Å². The van der Waals surface area contributed by atoms with Gasteiger partial charge in [0.15, 0.2) is 5.65 Å². The lowest BCUT2D eigenvalue weighted by molar-refractivity contribution is 0.102. The first kappa shape index (κ1) is 18.9. The lowest BCUT2D eigenvalue weighted by atomic mass is 10.1. The van der Waals surface area contributed by atoms with Crippen molar-refractivity contribution in [2.75, 3.05) is 5.32 Å². The topological polar surface area (TPSA) is 81.9 Å². The zero-order valence-electron chi connectivity index (χ0n) is 16.1. The van der Waals surface area contributed by atoms with Gasteiger partial charge in [-0.2, -0.15) is 5.10 Å². The molecule has 1 N–H and O–H groups in total. The molecule has 3 heterocycles. The third-order valence-electron chi connectivity index (χ3n) is 4.37. The number of nitrogens with zero attached hydrogens (tertiary/aromatic N) is 4. The summed E-state index contributed by atoms with van der Waals surface area (Å²) in [5.41, 5.74) is 3.26. The Morgan fingerprint density at radius 1 is 1.14 bits per heavy atom. The number of amides is 1. The van der Waals surface area contributed by atoms with Crippen LogP contribution in [0.5, 0.6) is 11.6 Å². The van der Waals surface area contributed by atoms with Gasteiger partial charge in [0.1, 0.15) is 5.75 Å². The minimum absolute atomic E-state index is 0.246. The standard InChI is InChI=1S/C21H18ClN5O2/c1-12-10-17(19-13(2)26-27(3)20(19)24-12)21(28)25-15-6-9-18(23-11-15)29-16-7-4-14(22)5-8-16/h4-11H,1-3H3,(H,25,28). The summed E-state index contributed by atoms with van der Waals surface area (Å²) in [6.45, 7) is 3.71. The molecule has 0 fully saturated rings. The van der Waals surface area contributed by atoms with Crippen LogP contribution in [0.2, 0.25) is 5.02 Å². The van der Waals surface area contributed by atoms with E-state index < -0.39 is 0 Å². The first-order valence-electron chi connectivity index (χ1n) is 8.92. The summed E-state index contributed by atoms with van der Waals surface area (Å²) in [5.74, 6) is 0.792. The molecule has 0 unspecified atom stereocenters. The number of ether oxygens (including phenoxy) is 1. The predicted molar refractivity (Wildman–Crippen MR) is 112 cm³/mol. The Balaban J connectivity index is 1.54. The summed E-state index contributed by atoms with van der Waals surface area (Å²) < 4.78 is 7.35. The molecule has 0 atom stereocenters. The van der Waals surface area contributed by atoms with Gasteiger partial charge in [-0.3, -0.25) is 9.48 Å². The number of halogens is 1. The molecule has 4 aromatic rings. The van der Waals surface area contributed by atoms with E-state index in [1.165, 1.54) is 0 Å². The van der Waals surface area contributed by atoms with Crippen LogP contribution in [0.3, 0.4) is 0 Å². The van der Waals surface area contributed by atoms with Gasteiger partial charge in [-0.15, -0.1) is 0 Å². The van der Waals surface area contributed by atoms with Crippen molar-refractivity contribution in [3.63, 3.8) is 0 Å². The lowest BCUT2D eigenvalue weighted by Gasteiger charge is -2.09. The molecule has 29 heavy (non-hydrogen) atoms. The van der Waals surface area contributed by atoms with Crippen molar-refractivity contribution in [2.24, 2.45) is 7.05 Å². The van der Waals surface area contributed by atoms with Gasteiger partial charge in [-0.25, -0.2) is 9.97 Å². The first-order chi connectivity index (χ1) is 13.9. The van der Waals surface area contributed by atoms with Crippen LogP contribution in [0.1, 0.15) is 21.7 Å². The quantitative estimate of drug-likeness (QED) is 0.531. The van der Waals surface area contributed by atoms with Gasteiger partial charge >= 0.3 is 0 Å². The maximum atomic E-state index is 12.9. The van der Waals surface area contributed by atoms with E-state index in [0.717, 1.165) is 16.8 Å². The third kappa shape index (κ3) is 3.90. The van der Waals surface area contributed by atoms with Crippen LogP contribution in [0.25, 0.3) is 11.0 Å². The van der Waals surface area contributed by atoms with E-state index in [1.54, 1.807) is 53.3 Å². The summed E-state index contributed by atoms with van der Waals surface area (Å²) >= 11 is 5.87. The average Bonchev–Trinajstić information content (AvgIpc) is 2.98. The van der Waals surface area contributed by atoms with Gasteiger partial charge in [0.25, 0.3) is 5.91 Å². The highest BCUT2D eigenvalue weighted by Gasteiger charge is 2.18. The lowest BCUT2D eigenvalue weighted by Crippen LogP contribution is -2.13. The second kappa shape index (κ2) is 7.52. The number of anilines is 1. The number of hydrogen-bond donors (Lipinski definition) is 1. The van der Waals surface area contributed by atoms with Crippen molar-refractivity contribution in [3.05, 3.63) is 70.6 Å². The highest BCUT2D eigenvalue weighted by atomic mass is 35.5. The molecule has 4 rings (SSSR count). The molecule has 1 amide bonds. The molecular formula is C21H18ClN5O2. The molecule has 0 saturated heterocycles. The number of aromatic nitrogens is 4. The summed E-state index contributed by atoms with van der Waals surface area (Å²) in [7, 11) is 1.81. The van der Waals surface area contributed by atoms with E-state index in [1.807, 2.05) is 20.9 Å². The Morgan fingerprint density at radius 2 is 1.90 bits per heavy atom. The largest absolute Gasteiger partial charge is 0.439 e. The number of aryl methyl sites for hydroxylation is 3. The minimum atomic E-state index is -0.246. The van der Waals surface area contributed by atoms with Crippen molar-refractivity contribution in [3.8, 4) is 11.6 Å². The van der Waals surface area contributed by atoms with Crippen LogP contribution in [-0.2, 0) is 7.05 Å². The molecule has 3 aromatic heterocycles. The number of rotatable bonds is 4. The second-order valence-electron chi connectivity index (χ2n) is 6.61. The SMILES string of the molecule is Cc1cc(C(=O)Nc2ccc(Oc3ccc(Cl)cc3)nc2)c2c(C)nn(C)c2n1. The first-order valence-corrected chi connectivity index (χ1v) is 9.30. The molecule has 0 aliphatic heterocycles. The van der Waals surface area contributed by atoms with E-state index in [4.69, 9.17) is 16.3 Å². The Morgan fingerprint density at radius 3 is 2.59 bits per heavy atom. The fourth-order valence-electron chi connectivity index (χ4n) is 3.09. The molecular weight excluding hydrogens is 390 g/mol. The normalized spacial score (nSPS) is 10.9. The predicted octanol–water partition coefficient (Wildman–Crippen LogP) is 4.68. The zero-order chi connectivity index (χ0) is 20.5. The fraction of sp³-hybridized carbons (Fsp3) is 0.143. The average molecular weight is 408 g/mol. The molecule has 0 saturated carbocycles. The summed E-state index contributed by atoms with van der Waals surface area (Å²) in [5, 5.41) is 8.62. The van der Waals surface area contributed by atoms with Crippen LogP contribution in [-0.4, -0.2) is 25.7 Å². The second-order valence-corrected chi connectivity index (χ2v) is 7.05. The number of fused-ring (bicyclic) bond motifs is 1. The number of nitrogens with one attached hydrogen (secondary N) is 1. The monoisotopic (exact) mass is 407 g/mol. The van der Waals surface area contributed by atoms with Gasteiger partial charge in [0.05, 0.1) is 28.5 Å². The van der Waals surface area contributed by atoms with Crippen LogP contribution >= 0.6 is 11.6 Å². The van der Waals surface area contributed by atoms with Crippen molar-refractivity contribution in [2.45, 2.75) is 13.8 Å². The highest BCUT2D eigenvalue weighted by Crippen LogP contribution is 2.24. The highest BCUT2D eigenvalue weighted by molar-refractivity contribution is 6.30. The van der Waals surface area contributed by atoms with Gasteiger partial charge in [-0.1, -0.05) is 11.6 Å². The molecule has 0 aliphatic carbocycles. The Hall–Kier alpha value is -3.45. The van der Waals surface area contributed by atoms with Gasteiger partial charge in [-0.05, 0) is 50.2 Å². The minimum Gasteiger partial charge on any atom is -0.439 e. The molecule has 0 spiro atoms. The van der Waals surface area contributed by atoms with E-state index in [-0.39, 0.29) is 5.91 Å². The maximum Gasteiger partial charge on any atom is 0.256 e. The van der Waals surface area contributed by atoms with Crippen molar-refractivity contribution < 1.29 is 9.53 Å². The van der Waals surface area contributed by atoms with E-state index in [2.05, 4.69) is 20.4 Å². The number of carbonyl (C=O) groups excluding carboxylic acids is 1. The third-order valence-corrected chi connectivity index (χ3v) is 4.62.